The molecule has 1 aliphatic heterocycles. The molecule has 2 aliphatic rings. The van der Waals surface area contributed by atoms with E-state index in [0.29, 0.717) is 0 Å². The Morgan fingerprint density at radius 1 is 0.447 bits per heavy atom. The van der Waals surface area contributed by atoms with E-state index < -0.39 is 10.8 Å². The first-order chi connectivity index (χ1) is 23.1. The largest absolute Gasteiger partial charge is 0.392 e. The average molecular weight is 655 g/mol. The van der Waals surface area contributed by atoms with Gasteiger partial charge in [-0.15, -0.1) is 0 Å². The van der Waals surface area contributed by atoms with Crippen molar-refractivity contribution in [3.8, 4) is 0 Å². The van der Waals surface area contributed by atoms with Gasteiger partial charge in [0.05, 0.1) is 5.41 Å². The van der Waals surface area contributed by atoms with Crippen LogP contribution in [0.5, 0.6) is 0 Å². The van der Waals surface area contributed by atoms with Crippen LogP contribution in [0.2, 0.25) is 0 Å². The number of hydrogen-bond donors (Lipinski definition) is 0. The molecule has 1 aliphatic carbocycles. The van der Waals surface area contributed by atoms with Gasteiger partial charge in [0.1, 0.15) is 5.41 Å². The Morgan fingerprint density at radius 2 is 0.766 bits per heavy atom. The molecular weight excluding hydrogens is 576 g/mol. The van der Waals surface area contributed by atoms with Crippen molar-refractivity contribution in [2.45, 2.75) is 232 Å². The highest BCUT2D eigenvalue weighted by Gasteiger charge is 2.64. The van der Waals surface area contributed by atoms with Crippen LogP contribution in [-0.4, -0.2) is 11.9 Å². The van der Waals surface area contributed by atoms with Crippen LogP contribution in [0.4, 0.5) is 0 Å². The summed E-state index contributed by atoms with van der Waals surface area (Å²) in [6, 6.07) is 0. The lowest BCUT2D eigenvalue weighted by Crippen LogP contribution is -2.42. The van der Waals surface area contributed by atoms with Gasteiger partial charge < -0.3 is 4.74 Å². The minimum Gasteiger partial charge on any atom is -0.392 e. The molecule has 0 atom stereocenters. The highest BCUT2D eigenvalue weighted by Crippen LogP contribution is 2.56. The van der Waals surface area contributed by atoms with Crippen molar-refractivity contribution in [3.63, 3.8) is 0 Å². The number of carbonyl (C=O) groups is 2. The van der Waals surface area contributed by atoms with Crippen LogP contribution in [0.25, 0.3) is 0 Å². The van der Waals surface area contributed by atoms with Crippen molar-refractivity contribution in [2.75, 3.05) is 0 Å². The van der Waals surface area contributed by atoms with Crippen molar-refractivity contribution in [1.82, 2.24) is 0 Å². The Bertz CT molecular complexity index is 791. The van der Waals surface area contributed by atoms with E-state index in [4.69, 9.17) is 4.74 Å². The molecule has 3 heteroatoms. The van der Waals surface area contributed by atoms with Gasteiger partial charge >= 0.3 is 11.9 Å². The number of carbonyl (C=O) groups excluding carboxylic acids is 2. The average Bonchev–Trinajstić information content (AvgIpc) is 3.26. The van der Waals surface area contributed by atoms with Crippen LogP contribution >= 0.6 is 0 Å². The fourth-order valence-corrected chi connectivity index (χ4v) is 8.19. The zero-order valence-electron chi connectivity index (χ0n) is 31.6. The third-order valence-electron chi connectivity index (χ3n) is 11.4. The molecule has 0 bridgehead atoms. The molecule has 3 nitrogen and oxygen atoms in total. The lowest BCUT2D eigenvalue weighted by molar-refractivity contribution is -0.155. The number of unbranched alkanes of at least 4 members (excludes halogenated alkanes) is 12. The standard InChI is InChI=1S/C44H78O3/c1-3-5-7-9-11-25-29-33-37-43(38-34-30-26-12-10-8-6-4-2)41(45)47-42(46)44(43)39-35-31-27-23-21-19-17-15-13-14-16-18-20-22-24-28-32-36-40-44/h33-34,37-38H,3-32,35-36,39-40H2,1-2H3/b37-33+,38-34+. The van der Waals surface area contributed by atoms with Crippen molar-refractivity contribution in [1.29, 1.82) is 0 Å². The van der Waals surface area contributed by atoms with Gasteiger partial charge in [-0.25, -0.2) is 0 Å². The molecule has 1 spiro atoms. The van der Waals surface area contributed by atoms with Crippen LogP contribution in [-0.2, 0) is 14.3 Å². The van der Waals surface area contributed by atoms with E-state index in [1.807, 2.05) is 0 Å². The summed E-state index contributed by atoms with van der Waals surface area (Å²) in [5.74, 6) is -0.555. The van der Waals surface area contributed by atoms with Crippen LogP contribution in [0.1, 0.15) is 232 Å². The number of hydrogen-bond acceptors (Lipinski definition) is 3. The van der Waals surface area contributed by atoms with Gasteiger partial charge in [0.15, 0.2) is 0 Å². The maximum absolute atomic E-state index is 14.0. The van der Waals surface area contributed by atoms with Crippen LogP contribution in [0.3, 0.4) is 0 Å². The second-order valence-electron chi connectivity index (χ2n) is 15.4. The molecule has 1 heterocycles. The summed E-state index contributed by atoms with van der Waals surface area (Å²) in [4.78, 5) is 27.9. The number of esters is 2. The summed E-state index contributed by atoms with van der Waals surface area (Å²) >= 11 is 0. The quantitative estimate of drug-likeness (QED) is 0.0720. The van der Waals surface area contributed by atoms with E-state index in [0.717, 1.165) is 64.2 Å². The molecular formula is C44H78O3. The van der Waals surface area contributed by atoms with E-state index in [1.165, 1.54) is 154 Å². The van der Waals surface area contributed by atoms with Gasteiger partial charge in [0.25, 0.3) is 0 Å². The Labute approximate surface area is 292 Å². The Hall–Kier alpha value is -1.38. The van der Waals surface area contributed by atoms with Crippen LogP contribution in [0, 0.1) is 10.8 Å². The molecule has 0 radical (unpaired) electrons. The molecule has 47 heavy (non-hydrogen) atoms. The van der Waals surface area contributed by atoms with E-state index >= 15 is 0 Å². The van der Waals surface area contributed by atoms with E-state index in [2.05, 4.69) is 38.2 Å². The van der Waals surface area contributed by atoms with E-state index in [9.17, 15) is 9.59 Å². The molecule has 0 amide bonds. The first-order valence-corrected chi connectivity index (χ1v) is 21.2. The maximum Gasteiger partial charge on any atom is 0.328 e. The fourth-order valence-electron chi connectivity index (χ4n) is 8.19. The van der Waals surface area contributed by atoms with Gasteiger partial charge in [0.2, 0.25) is 0 Å². The molecule has 272 valence electrons. The van der Waals surface area contributed by atoms with Gasteiger partial charge in [0, 0.05) is 0 Å². The topological polar surface area (TPSA) is 43.4 Å². The molecule has 0 aromatic heterocycles. The maximum atomic E-state index is 14.0. The van der Waals surface area contributed by atoms with Crippen LogP contribution in [0.15, 0.2) is 24.3 Å². The number of allylic oxidation sites excluding steroid dienone is 2. The Morgan fingerprint density at radius 3 is 1.13 bits per heavy atom. The zero-order valence-corrected chi connectivity index (χ0v) is 31.6. The highest BCUT2D eigenvalue weighted by molar-refractivity contribution is 6.04. The normalized spacial score (nSPS) is 21.3. The minimum atomic E-state index is -0.955. The summed E-state index contributed by atoms with van der Waals surface area (Å²) in [7, 11) is 0. The predicted octanol–water partition coefficient (Wildman–Crippen LogP) is 14.5. The second kappa shape index (κ2) is 27.4. The van der Waals surface area contributed by atoms with E-state index in [-0.39, 0.29) is 11.9 Å². The summed E-state index contributed by atoms with van der Waals surface area (Å²) in [5.41, 5.74) is -1.72. The molecule has 0 N–H and O–H groups in total. The third kappa shape index (κ3) is 16.3. The molecule has 2 fully saturated rings. The number of cyclic esters (lactones) is 2. The molecule has 1 saturated heterocycles. The van der Waals surface area contributed by atoms with Crippen molar-refractivity contribution >= 4 is 11.9 Å². The summed E-state index contributed by atoms with van der Waals surface area (Å²) < 4.78 is 5.71. The number of ether oxygens (including phenoxy) is 1. The molecule has 0 aromatic rings. The monoisotopic (exact) mass is 655 g/mol. The summed E-state index contributed by atoms with van der Waals surface area (Å²) in [5, 5.41) is 0. The smallest absolute Gasteiger partial charge is 0.328 e. The molecule has 1 saturated carbocycles. The van der Waals surface area contributed by atoms with Crippen molar-refractivity contribution < 1.29 is 14.3 Å². The second-order valence-corrected chi connectivity index (χ2v) is 15.4. The van der Waals surface area contributed by atoms with Gasteiger partial charge in [-0.3, -0.25) is 9.59 Å². The lowest BCUT2D eigenvalue weighted by Gasteiger charge is -2.37. The SMILES string of the molecule is CCCCCCCC/C=C/C1(/C=C/CCCCCCCC)C(=O)OC(=O)C12CCCCCCCCCCCCCCCCCCCC2. The minimum absolute atomic E-state index is 0.241. The van der Waals surface area contributed by atoms with Gasteiger partial charge in [-0.2, -0.15) is 0 Å². The Balaban J connectivity index is 2.22. The third-order valence-corrected chi connectivity index (χ3v) is 11.4. The summed E-state index contributed by atoms with van der Waals surface area (Å²) in [6.45, 7) is 4.53. The highest BCUT2D eigenvalue weighted by atomic mass is 16.6. The van der Waals surface area contributed by atoms with E-state index in [1.54, 1.807) is 0 Å². The zero-order chi connectivity index (χ0) is 33.7. The fraction of sp³-hybridized carbons (Fsp3) is 0.864. The lowest BCUT2D eigenvalue weighted by atomic mass is 9.59. The van der Waals surface area contributed by atoms with Crippen molar-refractivity contribution in [3.05, 3.63) is 24.3 Å². The first-order valence-electron chi connectivity index (χ1n) is 21.2. The van der Waals surface area contributed by atoms with Crippen LogP contribution < -0.4 is 0 Å². The van der Waals surface area contributed by atoms with Crippen molar-refractivity contribution in [2.24, 2.45) is 10.8 Å². The number of rotatable bonds is 16. The first kappa shape index (κ1) is 41.8. The summed E-state index contributed by atoms with van der Waals surface area (Å²) in [6.07, 6.45) is 50.5. The van der Waals surface area contributed by atoms with Gasteiger partial charge in [-0.1, -0.05) is 218 Å². The van der Waals surface area contributed by atoms with Gasteiger partial charge in [-0.05, 0) is 38.5 Å². The molecule has 0 aromatic carbocycles. The molecule has 2 rings (SSSR count). The molecule has 0 unspecified atom stereocenters. The Kier molecular flexibility index (Phi) is 24.4. The predicted molar refractivity (Wildman–Crippen MR) is 203 cm³/mol.